The molecular formula is C18H18N4O2S. The van der Waals surface area contributed by atoms with Crippen LogP contribution in [0, 0.1) is 0 Å². The number of anilines is 1. The Hall–Kier alpha value is -2.64. The van der Waals surface area contributed by atoms with Crippen LogP contribution in [0.4, 0.5) is 5.13 Å². The quantitative estimate of drug-likeness (QED) is 0.653. The van der Waals surface area contributed by atoms with Gasteiger partial charge in [0.05, 0.1) is 19.6 Å². The molecule has 0 N–H and O–H groups in total. The number of rotatable bonds is 7. The maximum absolute atomic E-state index is 12.8. The number of methoxy groups -OCH3 is 1. The van der Waals surface area contributed by atoms with Gasteiger partial charge in [-0.2, -0.15) is 0 Å². The van der Waals surface area contributed by atoms with E-state index in [0.717, 1.165) is 16.1 Å². The number of hydrogen-bond donors (Lipinski definition) is 0. The summed E-state index contributed by atoms with van der Waals surface area (Å²) in [6, 6.07) is 13.4. The predicted octanol–water partition coefficient (Wildman–Crippen LogP) is 2.82. The molecule has 0 fully saturated rings. The summed E-state index contributed by atoms with van der Waals surface area (Å²) in [5.41, 5.74) is 1.90. The van der Waals surface area contributed by atoms with Crippen LogP contribution in [0.1, 0.15) is 5.56 Å². The van der Waals surface area contributed by atoms with E-state index in [1.54, 1.807) is 24.4 Å². The number of carbonyl (C=O) groups excluding carboxylic acids is 1. The van der Waals surface area contributed by atoms with E-state index in [0.29, 0.717) is 24.7 Å². The number of amides is 1. The van der Waals surface area contributed by atoms with Crippen molar-refractivity contribution in [2.24, 2.45) is 0 Å². The first-order valence-electron chi connectivity index (χ1n) is 7.85. The van der Waals surface area contributed by atoms with Gasteiger partial charge in [0.1, 0.15) is 5.01 Å². The van der Waals surface area contributed by atoms with Gasteiger partial charge < -0.3 is 4.74 Å². The topological polar surface area (TPSA) is 68.2 Å². The first kappa shape index (κ1) is 17.2. The molecule has 2 heterocycles. The molecule has 25 heavy (non-hydrogen) atoms. The molecule has 0 aliphatic rings. The first-order valence-corrected chi connectivity index (χ1v) is 8.66. The zero-order valence-electron chi connectivity index (χ0n) is 13.8. The Bertz CT molecular complexity index is 808. The summed E-state index contributed by atoms with van der Waals surface area (Å²) < 4.78 is 5.14. The molecule has 0 aliphatic carbocycles. The average molecular weight is 354 g/mol. The highest BCUT2D eigenvalue weighted by Gasteiger charge is 2.20. The summed E-state index contributed by atoms with van der Waals surface area (Å²) in [5, 5.41) is 9.75. The van der Waals surface area contributed by atoms with E-state index < -0.39 is 0 Å². The van der Waals surface area contributed by atoms with Crippen molar-refractivity contribution in [3.05, 3.63) is 60.4 Å². The molecule has 2 aromatic heterocycles. The molecule has 0 saturated heterocycles. The zero-order chi connectivity index (χ0) is 17.5. The Kier molecular flexibility index (Phi) is 5.81. The van der Waals surface area contributed by atoms with Gasteiger partial charge in [0.25, 0.3) is 0 Å². The first-order chi connectivity index (χ1) is 12.3. The monoisotopic (exact) mass is 354 g/mol. The molecule has 0 saturated carbocycles. The second-order valence-corrected chi connectivity index (χ2v) is 6.28. The van der Waals surface area contributed by atoms with Crippen molar-refractivity contribution >= 4 is 22.4 Å². The lowest BCUT2D eigenvalue weighted by Gasteiger charge is -2.19. The summed E-state index contributed by atoms with van der Waals surface area (Å²) in [4.78, 5) is 18.4. The molecule has 1 amide bonds. The zero-order valence-corrected chi connectivity index (χ0v) is 14.6. The molecule has 3 aromatic rings. The Balaban J connectivity index is 1.81. The van der Waals surface area contributed by atoms with Crippen LogP contribution in [-0.2, 0) is 16.0 Å². The Labute approximate surface area is 150 Å². The molecule has 0 atom stereocenters. The standard InChI is InChI=1S/C18H18N4O2S/c1-24-12-11-22(16(23)13-14-5-3-2-4-6-14)18-21-20-17(25-18)15-7-9-19-10-8-15/h2-10H,11-13H2,1H3. The van der Waals surface area contributed by atoms with E-state index in [1.807, 2.05) is 42.5 Å². The third kappa shape index (κ3) is 4.46. The van der Waals surface area contributed by atoms with Crippen molar-refractivity contribution in [1.29, 1.82) is 0 Å². The molecule has 0 aliphatic heterocycles. The van der Waals surface area contributed by atoms with E-state index in [2.05, 4.69) is 15.2 Å². The number of nitrogens with zero attached hydrogens (tertiary/aromatic N) is 4. The van der Waals surface area contributed by atoms with Crippen LogP contribution < -0.4 is 4.90 Å². The number of benzene rings is 1. The fourth-order valence-electron chi connectivity index (χ4n) is 2.31. The van der Waals surface area contributed by atoms with Crippen LogP contribution in [0.3, 0.4) is 0 Å². The SMILES string of the molecule is COCCN(C(=O)Cc1ccccc1)c1nnc(-c2ccncc2)s1. The molecular weight excluding hydrogens is 336 g/mol. The van der Waals surface area contributed by atoms with E-state index in [-0.39, 0.29) is 5.91 Å². The minimum absolute atomic E-state index is 0.0271. The lowest BCUT2D eigenvalue weighted by atomic mass is 10.1. The summed E-state index contributed by atoms with van der Waals surface area (Å²) in [7, 11) is 1.61. The van der Waals surface area contributed by atoms with E-state index in [1.165, 1.54) is 11.3 Å². The third-order valence-electron chi connectivity index (χ3n) is 3.59. The van der Waals surface area contributed by atoms with Crippen LogP contribution in [0.2, 0.25) is 0 Å². The van der Waals surface area contributed by atoms with Gasteiger partial charge in [0.2, 0.25) is 11.0 Å². The fourth-order valence-corrected chi connectivity index (χ4v) is 3.20. The molecule has 1 aromatic carbocycles. The van der Waals surface area contributed by atoms with Crippen molar-refractivity contribution < 1.29 is 9.53 Å². The lowest BCUT2D eigenvalue weighted by molar-refractivity contribution is -0.118. The highest BCUT2D eigenvalue weighted by Crippen LogP contribution is 2.28. The van der Waals surface area contributed by atoms with Gasteiger partial charge in [0.15, 0.2) is 0 Å². The number of pyridine rings is 1. The highest BCUT2D eigenvalue weighted by atomic mass is 32.1. The molecule has 7 heteroatoms. The number of carbonyl (C=O) groups is 1. The van der Waals surface area contributed by atoms with Gasteiger partial charge in [-0.15, -0.1) is 10.2 Å². The number of aromatic nitrogens is 3. The van der Waals surface area contributed by atoms with Crippen LogP contribution in [0.15, 0.2) is 54.9 Å². The van der Waals surface area contributed by atoms with Crippen molar-refractivity contribution in [2.75, 3.05) is 25.2 Å². The van der Waals surface area contributed by atoms with Gasteiger partial charge in [0, 0.05) is 25.1 Å². The molecule has 3 rings (SSSR count). The lowest BCUT2D eigenvalue weighted by Crippen LogP contribution is -2.35. The minimum Gasteiger partial charge on any atom is -0.383 e. The van der Waals surface area contributed by atoms with Gasteiger partial charge >= 0.3 is 0 Å². The Morgan fingerprint density at radius 1 is 1.12 bits per heavy atom. The van der Waals surface area contributed by atoms with E-state index in [9.17, 15) is 4.79 Å². The molecule has 0 bridgehead atoms. The van der Waals surface area contributed by atoms with E-state index >= 15 is 0 Å². The fraction of sp³-hybridized carbons (Fsp3) is 0.222. The smallest absolute Gasteiger partial charge is 0.233 e. The highest BCUT2D eigenvalue weighted by molar-refractivity contribution is 7.18. The third-order valence-corrected chi connectivity index (χ3v) is 4.59. The van der Waals surface area contributed by atoms with Gasteiger partial charge in [-0.25, -0.2) is 0 Å². The summed E-state index contributed by atoms with van der Waals surface area (Å²) in [6.07, 6.45) is 3.73. The van der Waals surface area contributed by atoms with Crippen LogP contribution in [0.5, 0.6) is 0 Å². The Morgan fingerprint density at radius 2 is 1.88 bits per heavy atom. The van der Waals surface area contributed by atoms with E-state index in [4.69, 9.17) is 4.74 Å². The summed E-state index contributed by atoms with van der Waals surface area (Å²) in [5.74, 6) is -0.0271. The Morgan fingerprint density at radius 3 is 2.60 bits per heavy atom. The maximum Gasteiger partial charge on any atom is 0.233 e. The minimum atomic E-state index is -0.0271. The van der Waals surface area contributed by atoms with Crippen molar-refractivity contribution in [3.8, 4) is 10.6 Å². The second kappa shape index (κ2) is 8.46. The number of hydrogen-bond acceptors (Lipinski definition) is 6. The van der Waals surface area contributed by atoms with Crippen LogP contribution in [0.25, 0.3) is 10.6 Å². The molecule has 0 radical (unpaired) electrons. The van der Waals surface area contributed by atoms with Gasteiger partial charge in [-0.05, 0) is 17.7 Å². The molecule has 0 spiro atoms. The maximum atomic E-state index is 12.8. The summed E-state index contributed by atoms with van der Waals surface area (Å²) in [6.45, 7) is 0.873. The average Bonchev–Trinajstić information content (AvgIpc) is 3.13. The molecule has 0 unspecified atom stereocenters. The summed E-state index contributed by atoms with van der Waals surface area (Å²) >= 11 is 1.38. The van der Waals surface area contributed by atoms with Gasteiger partial charge in [-0.1, -0.05) is 41.7 Å². The van der Waals surface area contributed by atoms with Crippen molar-refractivity contribution in [3.63, 3.8) is 0 Å². The van der Waals surface area contributed by atoms with Crippen molar-refractivity contribution in [1.82, 2.24) is 15.2 Å². The normalized spacial score (nSPS) is 10.6. The van der Waals surface area contributed by atoms with Crippen LogP contribution >= 0.6 is 11.3 Å². The van der Waals surface area contributed by atoms with Gasteiger partial charge in [-0.3, -0.25) is 14.7 Å². The van der Waals surface area contributed by atoms with Crippen molar-refractivity contribution in [2.45, 2.75) is 6.42 Å². The second-order valence-electron chi connectivity index (χ2n) is 5.33. The van der Waals surface area contributed by atoms with Crippen LogP contribution in [-0.4, -0.2) is 41.3 Å². The predicted molar refractivity (Wildman–Crippen MR) is 97.5 cm³/mol. The molecule has 128 valence electrons. The number of ether oxygens (including phenoxy) is 1. The molecule has 6 nitrogen and oxygen atoms in total. The largest absolute Gasteiger partial charge is 0.383 e.